The first-order valence-electron chi connectivity index (χ1n) is 7.30. The number of hydrogen-bond donors (Lipinski definition) is 2. The third kappa shape index (κ3) is 5.05. The van der Waals surface area contributed by atoms with Crippen molar-refractivity contribution in [2.24, 2.45) is 11.7 Å². The van der Waals surface area contributed by atoms with E-state index in [-0.39, 0.29) is 6.04 Å². The van der Waals surface area contributed by atoms with Crippen LogP contribution in [0.2, 0.25) is 0 Å². The lowest BCUT2D eigenvalue weighted by Gasteiger charge is -2.17. The summed E-state index contributed by atoms with van der Waals surface area (Å²) >= 11 is 4.85. The van der Waals surface area contributed by atoms with Gasteiger partial charge in [0.15, 0.2) is 0 Å². The molecule has 21 heavy (non-hydrogen) atoms. The van der Waals surface area contributed by atoms with E-state index < -0.39 is 10.0 Å². The van der Waals surface area contributed by atoms with E-state index in [9.17, 15) is 8.42 Å². The van der Waals surface area contributed by atoms with Gasteiger partial charge < -0.3 is 5.73 Å². The second kappa shape index (κ2) is 6.85. The van der Waals surface area contributed by atoms with Crippen molar-refractivity contribution in [1.82, 2.24) is 4.72 Å². The minimum Gasteiger partial charge on any atom is -0.393 e. The van der Waals surface area contributed by atoms with Crippen LogP contribution in [0.3, 0.4) is 0 Å². The normalized spacial score (nSPS) is 16.6. The van der Waals surface area contributed by atoms with E-state index in [1.807, 2.05) is 6.92 Å². The molecule has 2 rings (SSSR count). The van der Waals surface area contributed by atoms with E-state index in [1.165, 1.54) is 12.8 Å². The summed E-state index contributed by atoms with van der Waals surface area (Å²) < 4.78 is 27.6. The average Bonchev–Trinajstić information content (AvgIpc) is 3.21. The Hall–Kier alpha value is -0.980. The number of sulfonamides is 1. The van der Waals surface area contributed by atoms with Gasteiger partial charge >= 0.3 is 0 Å². The summed E-state index contributed by atoms with van der Waals surface area (Å²) in [7, 11) is -3.45. The molecule has 0 bridgehead atoms. The van der Waals surface area contributed by atoms with Crippen LogP contribution in [0.25, 0.3) is 0 Å². The van der Waals surface area contributed by atoms with Crippen molar-refractivity contribution in [3.8, 4) is 0 Å². The second-order valence-electron chi connectivity index (χ2n) is 5.69. The van der Waals surface area contributed by atoms with E-state index in [4.69, 9.17) is 18.0 Å². The molecule has 1 aliphatic carbocycles. The molecule has 1 aromatic carbocycles. The zero-order valence-corrected chi connectivity index (χ0v) is 13.8. The molecule has 0 amide bonds. The highest BCUT2D eigenvalue weighted by Crippen LogP contribution is 2.34. The van der Waals surface area contributed by atoms with Crippen molar-refractivity contribution < 1.29 is 8.42 Å². The first kappa shape index (κ1) is 16.4. The van der Waals surface area contributed by atoms with Crippen molar-refractivity contribution >= 4 is 27.2 Å². The monoisotopic (exact) mass is 326 g/mol. The number of thiocarbonyl (C=S) groups is 1. The molecule has 0 aromatic heterocycles. The Balaban J connectivity index is 2.05. The first-order valence-corrected chi connectivity index (χ1v) is 9.19. The van der Waals surface area contributed by atoms with Crippen LogP contribution in [-0.4, -0.2) is 19.4 Å². The lowest BCUT2D eigenvalue weighted by molar-refractivity contribution is 0.495. The van der Waals surface area contributed by atoms with E-state index >= 15 is 0 Å². The lowest BCUT2D eigenvalue weighted by atomic mass is 10.1. The average molecular weight is 326 g/mol. The SMILES string of the molecule is CCC(CC1CC1)NS(=O)(=O)c1ccc(CC(N)=S)cc1. The van der Waals surface area contributed by atoms with E-state index in [0.717, 1.165) is 18.4 Å². The molecule has 1 saturated carbocycles. The number of benzene rings is 1. The van der Waals surface area contributed by atoms with Gasteiger partial charge in [0.1, 0.15) is 0 Å². The summed E-state index contributed by atoms with van der Waals surface area (Å²) in [4.78, 5) is 0.697. The van der Waals surface area contributed by atoms with E-state index in [2.05, 4.69) is 4.72 Å². The van der Waals surface area contributed by atoms with E-state index in [0.29, 0.717) is 22.2 Å². The number of nitrogens with two attached hydrogens (primary N) is 1. The van der Waals surface area contributed by atoms with Crippen molar-refractivity contribution in [3.63, 3.8) is 0 Å². The molecule has 6 heteroatoms. The Bertz CT molecular complexity index is 593. The predicted octanol–water partition coefficient (Wildman–Crippen LogP) is 2.37. The van der Waals surface area contributed by atoms with Crippen LogP contribution in [0, 0.1) is 5.92 Å². The Morgan fingerprint density at radius 1 is 1.38 bits per heavy atom. The fourth-order valence-corrected chi connectivity index (χ4v) is 3.83. The topological polar surface area (TPSA) is 72.2 Å². The number of rotatable bonds is 8. The summed E-state index contributed by atoms with van der Waals surface area (Å²) in [6, 6.07) is 6.77. The predicted molar refractivity (Wildman–Crippen MR) is 88.7 cm³/mol. The highest BCUT2D eigenvalue weighted by atomic mass is 32.2. The third-order valence-corrected chi connectivity index (χ3v) is 5.42. The second-order valence-corrected chi connectivity index (χ2v) is 7.93. The van der Waals surface area contributed by atoms with Crippen molar-refractivity contribution in [1.29, 1.82) is 0 Å². The highest BCUT2D eigenvalue weighted by Gasteiger charge is 2.27. The van der Waals surface area contributed by atoms with Gasteiger partial charge in [-0.1, -0.05) is 44.1 Å². The smallest absolute Gasteiger partial charge is 0.240 e. The molecule has 1 fully saturated rings. The maximum Gasteiger partial charge on any atom is 0.240 e. The van der Waals surface area contributed by atoms with Crippen LogP contribution < -0.4 is 10.5 Å². The van der Waals surface area contributed by atoms with Crippen LogP contribution in [-0.2, 0) is 16.4 Å². The minimum absolute atomic E-state index is 0.0267. The van der Waals surface area contributed by atoms with Crippen molar-refractivity contribution in [2.75, 3.05) is 0 Å². The van der Waals surface area contributed by atoms with Crippen LogP contribution >= 0.6 is 12.2 Å². The fourth-order valence-electron chi connectivity index (χ4n) is 2.33. The summed E-state index contributed by atoms with van der Waals surface area (Å²) in [5.41, 5.74) is 6.41. The summed E-state index contributed by atoms with van der Waals surface area (Å²) in [6.45, 7) is 2.01. The van der Waals surface area contributed by atoms with Crippen LogP contribution in [0.1, 0.15) is 38.2 Å². The zero-order valence-electron chi connectivity index (χ0n) is 12.2. The molecule has 1 aliphatic rings. The minimum atomic E-state index is -3.45. The van der Waals surface area contributed by atoms with Gasteiger partial charge in [-0.15, -0.1) is 0 Å². The maximum absolute atomic E-state index is 12.4. The van der Waals surface area contributed by atoms with Gasteiger partial charge in [-0.25, -0.2) is 13.1 Å². The lowest BCUT2D eigenvalue weighted by Crippen LogP contribution is -2.34. The quantitative estimate of drug-likeness (QED) is 0.720. The molecule has 0 saturated heterocycles. The molecule has 4 nitrogen and oxygen atoms in total. The first-order chi connectivity index (χ1) is 9.90. The zero-order chi connectivity index (χ0) is 15.5. The highest BCUT2D eigenvalue weighted by molar-refractivity contribution is 7.89. The molecule has 3 N–H and O–H groups in total. The fraction of sp³-hybridized carbons (Fsp3) is 0.533. The molecule has 0 aliphatic heterocycles. The van der Waals surface area contributed by atoms with Gasteiger partial charge in [-0.2, -0.15) is 0 Å². The summed E-state index contributed by atoms with van der Waals surface area (Å²) in [5, 5.41) is 0. The Morgan fingerprint density at radius 3 is 2.48 bits per heavy atom. The van der Waals surface area contributed by atoms with Gasteiger partial charge in [-0.3, -0.25) is 0 Å². The Kier molecular flexibility index (Phi) is 5.35. The van der Waals surface area contributed by atoms with Gasteiger partial charge in [0.25, 0.3) is 0 Å². The van der Waals surface area contributed by atoms with E-state index in [1.54, 1.807) is 24.3 Å². The molecule has 0 radical (unpaired) electrons. The Morgan fingerprint density at radius 2 is 2.00 bits per heavy atom. The van der Waals surface area contributed by atoms with Gasteiger partial charge in [0.05, 0.1) is 9.88 Å². The van der Waals surface area contributed by atoms with Crippen LogP contribution in [0.15, 0.2) is 29.2 Å². The molecular weight excluding hydrogens is 304 g/mol. The molecule has 1 unspecified atom stereocenters. The summed E-state index contributed by atoms with van der Waals surface area (Å²) in [5.74, 6) is 0.700. The third-order valence-electron chi connectivity index (χ3n) is 3.74. The number of nitrogens with one attached hydrogen (secondary N) is 1. The standard InChI is InChI=1S/C15H22N2O2S2/c1-2-13(9-11-3-4-11)17-21(18,19)14-7-5-12(6-8-14)10-15(16)20/h5-8,11,13,17H,2-4,9-10H2,1H3,(H2,16,20). The number of hydrogen-bond acceptors (Lipinski definition) is 3. The molecule has 116 valence electrons. The van der Waals surface area contributed by atoms with Crippen molar-refractivity contribution in [3.05, 3.63) is 29.8 Å². The summed E-state index contributed by atoms with van der Waals surface area (Å²) in [6.07, 6.45) is 4.70. The van der Waals surface area contributed by atoms with Gasteiger partial charge in [-0.05, 0) is 36.5 Å². The van der Waals surface area contributed by atoms with Crippen LogP contribution in [0.5, 0.6) is 0 Å². The molecule has 0 spiro atoms. The Labute approximate surface area is 132 Å². The molecule has 0 heterocycles. The van der Waals surface area contributed by atoms with Crippen molar-refractivity contribution in [2.45, 2.75) is 50.0 Å². The van der Waals surface area contributed by atoms with Gasteiger partial charge in [0.2, 0.25) is 10.0 Å². The molecular formula is C15H22N2O2S2. The largest absolute Gasteiger partial charge is 0.393 e. The maximum atomic E-state index is 12.4. The molecule has 1 atom stereocenters. The molecule has 1 aromatic rings. The van der Waals surface area contributed by atoms with Crippen LogP contribution in [0.4, 0.5) is 0 Å². The van der Waals surface area contributed by atoms with Gasteiger partial charge in [0, 0.05) is 12.5 Å².